The van der Waals surface area contributed by atoms with Gasteiger partial charge in [-0.05, 0) is 112 Å². The van der Waals surface area contributed by atoms with E-state index < -0.39 is 0 Å². The molecule has 0 aliphatic carbocycles. The molecule has 13 aromatic rings. The molecule has 0 spiro atoms. The van der Waals surface area contributed by atoms with E-state index in [2.05, 4.69) is 342 Å². The monoisotopic (exact) mass is 1100 g/mol. The van der Waals surface area contributed by atoms with Crippen LogP contribution in [-0.2, 0) is 0 Å². The normalized spacial score (nSPS) is 12.3. The van der Waals surface area contributed by atoms with E-state index in [1.54, 1.807) is 0 Å². The summed E-state index contributed by atoms with van der Waals surface area (Å²) in [6.07, 6.45) is 0. The van der Waals surface area contributed by atoms with Crippen LogP contribution >= 0.6 is 0 Å². The van der Waals surface area contributed by atoms with Crippen molar-refractivity contribution < 1.29 is 9.47 Å². The Bertz CT molecular complexity index is 4490. The molecule has 0 atom stereocenters. The molecule has 0 bridgehead atoms. The molecule has 8 heteroatoms. The molecule has 3 aliphatic rings. The third-order valence-electron chi connectivity index (χ3n) is 16.9. The lowest BCUT2D eigenvalue weighted by atomic mass is 9.31. The Kier molecular flexibility index (Phi) is 12.6. The summed E-state index contributed by atoms with van der Waals surface area (Å²) in [4.78, 5) is 7.22. The van der Waals surface area contributed by atoms with Gasteiger partial charge in [-0.15, -0.1) is 0 Å². The van der Waals surface area contributed by atoms with E-state index in [0.717, 1.165) is 141 Å². The number of ether oxygens (including phenoxy) is 2. The third kappa shape index (κ3) is 8.86. The first kappa shape index (κ1) is 50.5. The number of nitrogens with zero attached hydrogens (tertiary/aromatic N) is 3. The van der Waals surface area contributed by atoms with Crippen LogP contribution in [0.3, 0.4) is 0 Å². The molecule has 404 valence electrons. The largest absolute Gasteiger partial charge is 0.458 e. The highest BCUT2D eigenvalue weighted by Crippen LogP contribution is 2.51. The van der Waals surface area contributed by atoms with Gasteiger partial charge in [0.1, 0.15) is 23.0 Å². The fraction of sp³-hybridized carbons (Fsp3) is 0. The predicted molar refractivity (Wildman–Crippen MR) is 360 cm³/mol. The van der Waals surface area contributed by atoms with Crippen molar-refractivity contribution in [3.8, 4) is 45.3 Å². The van der Waals surface area contributed by atoms with Gasteiger partial charge in [-0.1, -0.05) is 230 Å². The molecule has 0 unspecified atom stereocenters. The molecule has 0 fully saturated rings. The summed E-state index contributed by atoms with van der Waals surface area (Å²) in [5, 5.41) is 4.09. The second kappa shape index (κ2) is 21.5. The van der Waals surface area contributed by atoms with Gasteiger partial charge < -0.3 is 29.5 Å². The molecule has 0 saturated carbocycles. The predicted octanol–water partition coefficient (Wildman–Crippen LogP) is 16.7. The Balaban J connectivity index is 1.02. The van der Waals surface area contributed by atoms with Crippen molar-refractivity contribution in [3.63, 3.8) is 0 Å². The summed E-state index contributed by atoms with van der Waals surface area (Å²) in [6, 6.07) is 115. The minimum Gasteiger partial charge on any atom is -0.458 e. The van der Waals surface area contributed by atoms with Crippen LogP contribution in [-0.4, -0.2) is 13.4 Å². The average molecular weight is 1100 g/mol. The maximum Gasteiger partial charge on any atom is 0.260 e. The first-order valence-corrected chi connectivity index (χ1v) is 29.4. The van der Waals surface area contributed by atoms with Crippen molar-refractivity contribution in [2.24, 2.45) is 0 Å². The van der Waals surface area contributed by atoms with Crippen molar-refractivity contribution in [2.45, 2.75) is 0 Å². The number of rotatable bonds is 12. The van der Waals surface area contributed by atoms with Crippen LogP contribution in [0.4, 0.5) is 62.6 Å². The Hall–Kier alpha value is -11.2. The van der Waals surface area contributed by atoms with Gasteiger partial charge in [0.2, 0.25) is 6.71 Å². The van der Waals surface area contributed by atoms with Gasteiger partial charge in [-0.3, -0.25) is 0 Å². The summed E-state index contributed by atoms with van der Waals surface area (Å²) in [5.74, 6) is 3.11. The number of hydrogen-bond acceptors (Lipinski definition) is 6. The molecule has 3 aliphatic heterocycles. The lowest BCUT2D eigenvalue weighted by Gasteiger charge is -2.42. The van der Waals surface area contributed by atoms with E-state index in [1.165, 1.54) is 0 Å². The summed E-state index contributed by atoms with van der Waals surface area (Å²) in [6.45, 7) is -0.509. The molecule has 6 nitrogen and oxygen atoms in total. The van der Waals surface area contributed by atoms with Crippen LogP contribution in [0.15, 0.2) is 322 Å². The van der Waals surface area contributed by atoms with E-state index in [-0.39, 0.29) is 13.4 Å². The van der Waals surface area contributed by atoms with Crippen LogP contribution in [0.5, 0.6) is 23.0 Å². The highest BCUT2D eigenvalue weighted by molar-refractivity contribution is 7.01. The third-order valence-corrected chi connectivity index (χ3v) is 16.9. The van der Waals surface area contributed by atoms with Gasteiger partial charge in [0.25, 0.3) is 6.71 Å². The maximum atomic E-state index is 7.64. The Morgan fingerprint density at radius 2 is 0.756 bits per heavy atom. The number of nitrogens with one attached hydrogen (secondary N) is 1. The molecule has 0 amide bonds. The van der Waals surface area contributed by atoms with E-state index >= 15 is 0 Å². The topological polar surface area (TPSA) is 40.2 Å². The van der Waals surface area contributed by atoms with E-state index in [9.17, 15) is 0 Å². The van der Waals surface area contributed by atoms with Gasteiger partial charge >= 0.3 is 0 Å². The number of anilines is 11. The lowest BCUT2D eigenvalue weighted by molar-refractivity contribution is 0.465. The van der Waals surface area contributed by atoms with Gasteiger partial charge in [-0.25, -0.2) is 0 Å². The second-order valence-corrected chi connectivity index (χ2v) is 22.0. The molecule has 86 heavy (non-hydrogen) atoms. The molecule has 13 aromatic carbocycles. The fourth-order valence-corrected chi connectivity index (χ4v) is 13.3. The quantitative estimate of drug-likeness (QED) is 0.123. The highest BCUT2D eigenvalue weighted by Gasteiger charge is 2.46. The van der Waals surface area contributed by atoms with Crippen LogP contribution in [0, 0.1) is 0 Å². The summed E-state index contributed by atoms with van der Waals surface area (Å²) >= 11 is 0. The standard InChI is InChI=1S/C78H54B2N4O2/c1-9-28-54(29-10-1)64-44-27-45-65(55-30-11-2-12-31-55)78(64)84-70-53-73-68(80-66-46-25-26-47-72(66)85-74-50-63(51-75(86-73)77(74)80)83(60-40-21-7-22-41-60)61-42-23-8-24-43-61)52-67(70)79(56-32-13-3-14-33-56)76-69(81-57-34-15-4-16-35-57)48-62(49-71(76)84)82(58-36-17-5-18-37-58)59-38-19-6-20-39-59/h1-53,81H. The van der Waals surface area contributed by atoms with Crippen molar-refractivity contribution in [3.05, 3.63) is 322 Å². The maximum absolute atomic E-state index is 7.64. The molecule has 3 heterocycles. The summed E-state index contributed by atoms with van der Waals surface area (Å²) in [5.41, 5.74) is 22.1. The Labute approximate surface area is 502 Å². The minimum absolute atomic E-state index is 0.229. The van der Waals surface area contributed by atoms with Gasteiger partial charge in [-0.2, -0.15) is 0 Å². The minimum atomic E-state index is -0.280. The summed E-state index contributed by atoms with van der Waals surface area (Å²) in [7, 11) is 0. The zero-order valence-corrected chi connectivity index (χ0v) is 46.9. The zero-order chi connectivity index (χ0) is 56.9. The van der Waals surface area contributed by atoms with Crippen molar-refractivity contribution in [2.75, 3.05) is 20.0 Å². The van der Waals surface area contributed by atoms with Gasteiger partial charge in [0.15, 0.2) is 0 Å². The van der Waals surface area contributed by atoms with Crippen LogP contribution in [0.25, 0.3) is 22.3 Å². The highest BCUT2D eigenvalue weighted by atomic mass is 16.5. The molecule has 1 N–H and O–H groups in total. The van der Waals surface area contributed by atoms with Crippen LogP contribution in [0.2, 0.25) is 0 Å². The van der Waals surface area contributed by atoms with E-state index in [1.807, 2.05) is 0 Å². The Morgan fingerprint density at radius 3 is 1.29 bits per heavy atom. The number of fused-ring (bicyclic) bond motifs is 6. The van der Waals surface area contributed by atoms with Crippen LogP contribution < -0.4 is 62.3 Å². The van der Waals surface area contributed by atoms with Crippen molar-refractivity contribution >= 4 is 109 Å². The van der Waals surface area contributed by atoms with Gasteiger partial charge in [0, 0.05) is 80.3 Å². The number of benzene rings is 13. The average Bonchev–Trinajstić information content (AvgIpc) is 0.800. The molecule has 0 aromatic heterocycles. The smallest absolute Gasteiger partial charge is 0.260 e. The SMILES string of the molecule is c1ccc(Nc2cc(N(c3ccccc3)c3ccccc3)cc3c2B(c2ccccc2)c2cc4c(cc2N3c2c(-c3ccccc3)cccc2-c2ccccc2)Oc2cc(N(c3ccccc3)c3ccccc3)cc3c2B4c2ccccc2O3)cc1. The second-order valence-electron chi connectivity index (χ2n) is 22.0. The fourth-order valence-electron chi connectivity index (χ4n) is 13.3. The molecule has 0 radical (unpaired) electrons. The van der Waals surface area contributed by atoms with Gasteiger partial charge in [0.05, 0.1) is 17.1 Å². The zero-order valence-electron chi connectivity index (χ0n) is 46.9. The first-order chi connectivity index (χ1) is 42.7. The molecule has 16 rings (SSSR count). The first-order valence-electron chi connectivity index (χ1n) is 29.4. The molecular weight excluding hydrogens is 1050 g/mol. The van der Waals surface area contributed by atoms with Crippen LogP contribution in [0.1, 0.15) is 0 Å². The van der Waals surface area contributed by atoms with E-state index in [0.29, 0.717) is 0 Å². The number of hydrogen-bond donors (Lipinski definition) is 1. The van der Waals surface area contributed by atoms with Crippen molar-refractivity contribution in [1.82, 2.24) is 0 Å². The Morgan fingerprint density at radius 1 is 0.302 bits per heavy atom. The molecular formula is C78H54B2N4O2. The molecule has 0 saturated heterocycles. The van der Waals surface area contributed by atoms with Crippen molar-refractivity contribution in [1.29, 1.82) is 0 Å². The lowest BCUT2D eigenvalue weighted by Crippen LogP contribution is -2.62. The summed E-state index contributed by atoms with van der Waals surface area (Å²) < 4.78 is 14.7. The number of para-hydroxylation sites is 7. The van der Waals surface area contributed by atoms with E-state index in [4.69, 9.17) is 9.47 Å².